The molecule has 0 aliphatic heterocycles. The summed E-state index contributed by atoms with van der Waals surface area (Å²) in [5.74, 6) is 0. The summed E-state index contributed by atoms with van der Waals surface area (Å²) in [4.78, 5) is 2.43. The van der Waals surface area contributed by atoms with Gasteiger partial charge in [-0.05, 0) is 53.1 Å². The maximum Gasteiger partial charge on any atom is 0.0357 e. The highest BCUT2D eigenvalue weighted by atomic mass is 127. The molecule has 0 saturated heterocycles. The molecule has 3 heteroatoms. The molecule has 0 unspecified atom stereocenters. The van der Waals surface area contributed by atoms with E-state index in [4.69, 9.17) is 0 Å². The Balaban J connectivity index is 2.83. The molecule has 1 aromatic heterocycles. The largest absolute Gasteiger partial charge is 0.142 e. The van der Waals surface area contributed by atoms with Crippen molar-refractivity contribution in [1.29, 1.82) is 0 Å². The molecule has 0 spiro atoms. The van der Waals surface area contributed by atoms with Gasteiger partial charge >= 0.3 is 0 Å². The lowest BCUT2D eigenvalue weighted by Crippen LogP contribution is -1.72. The Hall–Kier alpha value is 0.260. The second-order valence-electron chi connectivity index (χ2n) is 2.70. The molecule has 0 amide bonds. The Morgan fingerprint density at radius 3 is 2.83 bits per heavy atom. The average molecular weight is 306 g/mol. The number of benzene rings is 1. The van der Waals surface area contributed by atoms with Crippen molar-refractivity contribution in [2.24, 2.45) is 0 Å². The molecule has 1 aromatic carbocycles. The number of rotatable bonds is 0. The van der Waals surface area contributed by atoms with Crippen LogP contribution in [0.15, 0.2) is 23.1 Å². The first-order valence-corrected chi connectivity index (χ1v) is 5.90. The fraction of sp³-hybridized carbons (Fsp3) is 0.111. The number of thiophene rings is 1. The van der Waals surface area contributed by atoms with Crippen molar-refractivity contribution in [3.8, 4) is 0 Å². The molecule has 0 atom stereocenters. The van der Waals surface area contributed by atoms with Crippen LogP contribution in [0, 0.1) is 10.5 Å². The van der Waals surface area contributed by atoms with Crippen LogP contribution < -0.4 is 0 Å². The topological polar surface area (TPSA) is 0 Å². The molecule has 0 nitrogen and oxygen atoms in total. The van der Waals surface area contributed by atoms with E-state index < -0.39 is 0 Å². The molecule has 0 aliphatic rings. The molecule has 62 valence electrons. The van der Waals surface area contributed by atoms with Crippen molar-refractivity contribution in [2.75, 3.05) is 0 Å². The molecule has 0 saturated carbocycles. The molecule has 1 heterocycles. The summed E-state index contributed by atoms with van der Waals surface area (Å²) >= 11 is 8.51. The smallest absolute Gasteiger partial charge is 0.0357 e. The monoisotopic (exact) mass is 306 g/mol. The van der Waals surface area contributed by atoms with Gasteiger partial charge in [-0.2, -0.15) is 0 Å². The lowest BCUT2D eigenvalue weighted by atomic mass is 10.2. The number of hydrogen-bond acceptors (Lipinski definition) is 2. The molecule has 0 N–H and O–H groups in total. The second-order valence-corrected chi connectivity index (χ2v) is 5.63. The van der Waals surface area contributed by atoms with E-state index in [1.165, 1.54) is 18.5 Å². The Labute approximate surface area is 94.5 Å². The summed E-state index contributed by atoms with van der Waals surface area (Å²) < 4.78 is 2.55. The van der Waals surface area contributed by atoms with Crippen LogP contribution in [0.4, 0.5) is 0 Å². The SMILES string of the molecule is Cc1cc2cc(I)c(S)cc2s1. The molecule has 12 heavy (non-hydrogen) atoms. The van der Waals surface area contributed by atoms with Gasteiger partial charge in [-0.25, -0.2) is 0 Å². The van der Waals surface area contributed by atoms with Crippen LogP contribution in [-0.4, -0.2) is 0 Å². The molecular weight excluding hydrogens is 299 g/mol. The molecule has 0 fully saturated rings. The molecule has 0 aliphatic carbocycles. The quantitative estimate of drug-likeness (QED) is 0.550. The zero-order chi connectivity index (χ0) is 8.72. The van der Waals surface area contributed by atoms with E-state index in [1.807, 2.05) is 11.3 Å². The number of fused-ring (bicyclic) bond motifs is 1. The van der Waals surface area contributed by atoms with E-state index in [0.29, 0.717) is 0 Å². The fourth-order valence-corrected chi connectivity index (χ4v) is 2.90. The second kappa shape index (κ2) is 3.20. The molecule has 2 rings (SSSR count). The normalized spacial score (nSPS) is 10.9. The van der Waals surface area contributed by atoms with Crippen LogP contribution in [0.5, 0.6) is 0 Å². The minimum absolute atomic E-state index is 1.07. The first kappa shape index (κ1) is 8.84. The fourth-order valence-electron chi connectivity index (χ4n) is 1.18. The van der Waals surface area contributed by atoms with Gasteiger partial charge in [-0.3, -0.25) is 0 Å². The van der Waals surface area contributed by atoms with Crippen molar-refractivity contribution in [3.63, 3.8) is 0 Å². The highest BCUT2D eigenvalue weighted by molar-refractivity contribution is 14.1. The molecule has 0 bridgehead atoms. The van der Waals surface area contributed by atoms with Gasteiger partial charge < -0.3 is 0 Å². The Morgan fingerprint density at radius 1 is 1.33 bits per heavy atom. The zero-order valence-electron chi connectivity index (χ0n) is 6.47. The van der Waals surface area contributed by atoms with Crippen LogP contribution in [0.1, 0.15) is 4.88 Å². The number of aryl methyl sites for hydroxylation is 1. The number of hydrogen-bond donors (Lipinski definition) is 1. The standard InChI is InChI=1S/C9H7IS2/c1-5-2-6-3-7(10)8(11)4-9(6)12-5/h2-4,11H,1H3. The molecule has 2 aromatic rings. The summed E-state index contributed by atoms with van der Waals surface area (Å²) in [5, 5.41) is 1.33. The third-order valence-electron chi connectivity index (χ3n) is 1.71. The van der Waals surface area contributed by atoms with Crippen LogP contribution >= 0.6 is 46.6 Å². The van der Waals surface area contributed by atoms with Crippen molar-refractivity contribution in [2.45, 2.75) is 11.8 Å². The highest BCUT2D eigenvalue weighted by Crippen LogP contribution is 2.30. The predicted molar refractivity (Wildman–Crippen MR) is 66.5 cm³/mol. The maximum atomic E-state index is 4.38. The zero-order valence-corrected chi connectivity index (χ0v) is 10.3. The number of halogens is 1. The van der Waals surface area contributed by atoms with Crippen LogP contribution in [0.3, 0.4) is 0 Å². The van der Waals surface area contributed by atoms with Gasteiger partial charge in [0.05, 0.1) is 0 Å². The van der Waals surface area contributed by atoms with Crippen LogP contribution in [0.25, 0.3) is 10.1 Å². The van der Waals surface area contributed by atoms with Crippen molar-refractivity contribution >= 4 is 56.6 Å². The van der Waals surface area contributed by atoms with Crippen molar-refractivity contribution in [3.05, 3.63) is 26.6 Å². The third-order valence-corrected chi connectivity index (χ3v) is 4.41. The van der Waals surface area contributed by atoms with E-state index in [9.17, 15) is 0 Å². The first-order chi connectivity index (χ1) is 5.66. The van der Waals surface area contributed by atoms with Crippen LogP contribution in [0.2, 0.25) is 0 Å². The average Bonchev–Trinajstić information content (AvgIpc) is 2.30. The molecule has 0 radical (unpaired) electrons. The number of thiol groups is 1. The predicted octanol–water partition coefficient (Wildman–Crippen LogP) is 4.10. The minimum atomic E-state index is 1.07. The van der Waals surface area contributed by atoms with E-state index >= 15 is 0 Å². The summed E-state index contributed by atoms with van der Waals surface area (Å²) in [6.07, 6.45) is 0. The maximum absolute atomic E-state index is 4.38. The Bertz CT molecular complexity index is 392. The summed E-state index contributed by atoms with van der Waals surface area (Å²) in [7, 11) is 0. The van der Waals surface area contributed by atoms with Gasteiger partial charge in [0.2, 0.25) is 0 Å². The molecular formula is C9H7IS2. The highest BCUT2D eigenvalue weighted by Gasteiger charge is 2.01. The van der Waals surface area contributed by atoms with Crippen LogP contribution in [-0.2, 0) is 0 Å². The van der Waals surface area contributed by atoms with E-state index in [1.54, 1.807) is 0 Å². The van der Waals surface area contributed by atoms with Gasteiger partial charge in [0, 0.05) is 18.0 Å². The van der Waals surface area contributed by atoms with Crippen molar-refractivity contribution in [1.82, 2.24) is 0 Å². The lowest BCUT2D eigenvalue weighted by Gasteiger charge is -1.95. The van der Waals surface area contributed by atoms with Gasteiger partial charge in [0.25, 0.3) is 0 Å². The van der Waals surface area contributed by atoms with Gasteiger partial charge in [-0.15, -0.1) is 24.0 Å². The Kier molecular flexibility index (Phi) is 2.35. The summed E-state index contributed by atoms with van der Waals surface area (Å²) in [5.41, 5.74) is 0. The van der Waals surface area contributed by atoms with E-state index in [2.05, 4.69) is 60.3 Å². The van der Waals surface area contributed by atoms with Crippen molar-refractivity contribution < 1.29 is 0 Å². The summed E-state index contributed by atoms with van der Waals surface area (Å²) in [6, 6.07) is 6.54. The van der Waals surface area contributed by atoms with Gasteiger partial charge in [0.1, 0.15) is 0 Å². The minimum Gasteiger partial charge on any atom is -0.142 e. The third kappa shape index (κ3) is 1.49. The first-order valence-electron chi connectivity index (χ1n) is 3.55. The van der Waals surface area contributed by atoms with Gasteiger partial charge in [-0.1, -0.05) is 0 Å². The van der Waals surface area contributed by atoms with E-state index in [-0.39, 0.29) is 0 Å². The Morgan fingerprint density at radius 2 is 2.08 bits per heavy atom. The lowest BCUT2D eigenvalue weighted by molar-refractivity contribution is 1.47. The van der Waals surface area contributed by atoms with Gasteiger partial charge in [0.15, 0.2) is 0 Å². The summed E-state index contributed by atoms with van der Waals surface area (Å²) in [6.45, 7) is 2.13. The van der Waals surface area contributed by atoms with E-state index in [0.717, 1.165) is 4.90 Å².